The van der Waals surface area contributed by atoms with Gasteiger partial charge in [-0.3, -0.25) is 0 Å². The van der Waals surface area contributed by atoms with Crippen molar-refractivity contribution in [3.63, 3.8) is 0 Å². The topological polar surface area (TPSA) is 143 Å². The highest BCUT2D eigenvalue weighted by Crippen LogP contribution is 1.84. The van der Waals surface area contributed by atoms with Crippen LogP contribution in [0.5, 0.6) is 0 Å². The van der Waals surface area contributed by atoms with Crippen molar-refractivity contribution in [2.24, 2.45) is 0 Å². The molecule has 0 fully saturated rings. The number of aromatic nitrogens is 8. The molecule has 14 heavy (non-hydrogen) atoms. The minimum Gasteiger partial charge on any atom is -0.354 e. The van der Waals surface area contributed by atoms with Crippen LogP contribution < -0.4 is 4.91 Å². The lowest BCUT2D eigenvalue weighted by Crippen LogP contribution is -2.47. The third-order valence-electron chi connectivity index (χ3n) is 0.834. The standard InChI is InChI=1S/CIN5O2.CH2N4/c2-1-3-5-6(4-1)7(8)9;1-2-4-5-3-1/h;1H,(H,2,3,4,5)/p+1. The van der Waals surface area contributed by atoms with Crippen LogP contribution in [0.4, 0.5) is 0 Å². The quantitative estimate of drug-likeness (QED) is 0.266. The number of nitrogens with one attached hydrogen (secondary N) is 2. The Labute approximate surface area is 89.1 Å². The monoisotopic (exact) mass is 312 g/mol. The van der Waals surface area contributed by atoms with E-state index in [1.807, 2.05) is 0 Å². The molecule has 2 rings (SSSR count). The summed E-state index contributed by atoms with van der Waals surface area (Å²) < 4.78 is 0.379. The van der Waals surface area contributed by atoms with E-state index in [9.17, 15) is 10.1 Å². The van der Waals surface area contributed by atoms with Crippen LogP contribution in [0.2, 0.25) is 0 Å². The van der Waals surface area contributed by atoms with Crippen molar-refractivity contribution in [3.8, 4) is 0 Å². The van der Waals surface area contributed by atoms with Gasteiger partial charge in [0.05, 0.1) is 22.6 Å². The SMILES string of the molecule is O=[N+]([O-])[n+]1nnc(I)[nH]1.c1nnn[nH]1. The van der Waals surface area contributed by atoms with E-state index >= 15 is 0 Å². The molecule has 0 aliphatic rings. The average molecular weight is 312 g/mol. The number of nitrogens with zero attached hydrogens (tertiary/aromatic N) is 7. The van der Waals surface area contributed by atoms with Crippen LogP contribution in [0.15, 0.2) is 6.33 Å². The van der Waals surface area contributed by atoms with E-state index in [1.54, 1.807) is 22.6 Å². The Kier molecular flexibility index (Phi) is 3.77. The van der Waals surface area contributed by atoms with Crippen LogP contribution >= 0.6 is 22.6 Å². The first-order valence-corrected chi connectivity index (χ1v) is 4.10. The first-order chi connectivity index (χ1) is 6.70. The fraction of sp³-hybridized carbons (Fsp3) is 0. The molecule has 0 aromatic carbocycles. The largest absolute Gasteiger partial charge is 0.417 e. The molecule has 2 aromatic rings. The zero-order chi connectivity index (χ0) is 10.4. The smallest absolute Gasteiger partial charge is 0.354 e. The van der Waals surface area contributed by atoms with Crippen molar-refractivity contribution in [1.82, 2.24) is 36.0 Å². The number of halogens is 1. The fourth-order valence-electron chi connectivity index (χ4n) is 0.411. The van der Waals surface area contributed by atoms with Gasteiger partial charge in [0.1, 0.15) is 11.4 Å². The Balaban J connectivity index is 0.000000165. The Hall–Kier alpha value is -1.73. The third-order valence-corrected chi connectivity index (χ3v) is 1.29. The van der Waals surface area contributed by atoms with Crippen molar-refractivity contribution in [1.29, 1.82) is 0 Å². The van der Waals surface area contributed by atoms with Crippen molar-refractivity contribution >= 4 is 22.6 Å². The molecule has 0 bridgehead atoms. The lowest BCUT2D eigenvalue weighted by molar-refractivity contribution is -1.25. The molecule has 0 aliphatic carbocycles. The molecule has 0 amide bonds. The Morgan fingerprint density at radius 3 is 2.64 bits per heavy atom. The van der Waals surface area contributed by atoms with E-state index in [2.05, 4.69) is 36.0 Å². The summed E-state index contributed by atoms with van der Waals surface area (Å²) in [5.74, 6) is 0. The second-order valence-corrected chi connectivity index (χ2v) is 2.70. The van der Waals surface area contributed by atoms with Gasteiger partial charge >= 0.3 is 9.04 Å². The van der Waals surface area contributed by atoms with Crippen molar-refractivity contribution in [2.75, 3.05) is 0 Å². The molecule has 0 saturated carbocycles. The van der Waals surface area contributed by atoms with Gasteiger partial charge in [-0.2, -0.15) is 0 Å². The summed E-state index contributed by atoms with van der Waals surface area (Å²) in [6.45, 7) is 0. The highest BCUT2D eigenvalue weighted by atomic mass is 127. The summed E-state index contributed by atoms with van der Waals surface area (Å²) in [4.78, 5) is 10.3. The highest BCUT2D eigenvalue weighted by Gasteiger charge is 2.17. The van der Waals surface area contributed by atoms with Crippen LogP contribution in [-0.4, -0.2) is 41.1 Å². The van der Waals surface area contributed by atoms with Crippen molar-refractivity contribution < 1.29 is 9.94 Å². The van der Waals surface area contributed by atoms with Crippen LogP contribution in [0.1, 0.15) is 0 Å². The highest BCUT2D eigenvalue weighted by molar-refractivity contribution is 14.1. The summed E-state index contributed by atoms with van der Waals surface area (Å²) in [5.41, 5.74) is 0. The van der Waals surface area contributed by atoms with Gasteiger partial charge < -0.3 is 10.1 Å². The number of nitro groups is 1. The number of aromatic amines is 2. The van der Waals surface area contributed by atoms with Gasteiger partial charge in [-0.05, 0) is 15.5 Å². The molecule has 11 nitrogen and oxygen atoms in total. The van der Waals surface area contributed by atoms with Crippen LogP contribution in [0, 0.1) is 13.9 Å². The van der Waals surface area contributed by atoms with E-state index in [4.69, 9.17) is 0 Å². The van der Waals surface area contributed by atoms with Gasteiger partial charge in [-0.1, -0.05) is 0 Å². The predicted molar refractivity (Wildman–Crippen MR) is 45.9 cm³/mol. The Morgan fingerprint density at radius 2 is 2.43 bits per heavy atom. The number of tetrazole rings is 2. The van der Waals surface area contributed by atoms with Gasteiger partial charge in [0.15, 0.2) is 0 Å². The minimum atomic E-state index is -0.713. The van der Waals surface area contributed by atoms with Gasteiger partial charge in [0.25, 0.3) is 4.91 Å². The van der Waals surface area contributed by atoms with Gasteiger partial charge in [-0.15, -0.1) is 5.10 Å². The van der Waals surface area contributed by atoms with Gasteiger partial charge in [-0.25, -0.2) is 5.10 Å². The maximum Gasteiger partial charge on any atom is 0.417 e. The molecule has 2 aromatic heterocycles. The average Bonchev–Trinajstić information content (AvgIpc) is 2.74. The molecule has 0 atom stereocenters. The van der Waals surface area contributed by atoms with Gasteiger partial charge in [0, 0.05) is 0 Å². The molecule has 0 aliphatic heterocycles. The second kappa shape index (κ2) is 5.10. The van der Waals surface area contributed by atoms with E-state index in [0.717, 1.165) is 0 Å². The maximum atomic E-state index is 9.85. The number of rotatable bonds is 1. The lowest BCUT2D eigenvalue weighted by Gasteiger charge is -1.77. The molecule has 2 N–H and O–H groups in total. The maximum absolute atomic E-state index is 9.85. The van der Waals surface area contributed by atoms with E-state index < -0.39 is 5.03 Å². The molecular weight excluding hydrogens is 309 g/mol. The summed E-state index contributed by atoms with van der Waals surface area (Å²) in [5, 5.41) is 29.9. The number of hydrogen-bond donors (Lipinski definition) is 2. The number of hydrogen-bond acceptors (Lipinski definition) is 7. The third kappa shape index (κ3) is 3.33. The summed E-state index contributed by atoms with van der Waals surface area (Å²) in [7, 11) is 0. The molecular formula is C2H3IN9O2+. The molecule has 74 valence electrons. The molecule has 0 radical (unpaired) electrons. The summed E-state index contributed by atoms with van der Waals surface area (Å²) >= 11 is 1.78. The molecule has 0 spiro atoms. The van der Waals surface area contributed by atoms with Crippen LogP contribution in [0.25, 0.3) is 0 Å². The molecule has 0 unspecified atom stereocenters. The second-order valence-electron chi connectivity index (χ2n) is 1.68. The molecule has 0 saturated heterocycles. The first kappa shape index (κ1) is 10.4. The first-order valence-electron chi connectivity index (χ1n) is 3.02. The van der Waals surface area contributed by atoms with E-state index in [-0.39, 0.29) is 0 Å². The normalized spacial score (nSPS) is 8.93. The predicted octanol–water partition coefficient (Wildman–Crippen LogP) is -2.06. The minimum absolute atomic E-state index is 0.379. The lowest BCUT2D eigenvalue weighted by atomic mass is 11.4. The summed E-state index contributed by atoms with van der Waals surface area (Å²) in [6.07, 6.45) is 1.40. The zero-order valence-electron chi connectivity index (χ0n) is 6.40. The molecule has 2 heterocycles. The fourth-order valence-corrected chi connectivity index (χ4v) is 0.724. The van der Waals surface area contributed by atoms with Crippen molar-refractivity contribution in [2.45, 2.75) is 0 Å². The number of H-pyrrole nitrogens is 2. The van der Waals surface area contributed by atoms with E-state index in [1.165, 1.54) is 6.33 Å². The zero-order valence-corrected chi connectivity index (χ0v) is 8.56. The summed E-state index contributed by atoms with van der Waals surface area (Å²) in [6, 6.07) is 0. The molecule has 12 heteroatoms. The van der Waals surface area contributed by atoms with Crippen LogP contribution in [-0.2, 0) is 0 Å². The Bertz CT molecular complexity index is 364. The Morgan fingerprint density at radius 1 is 1.64 bits per heavy atom. The van der Waals surface area contributed by atoms with E-state index in [0.29, 0.717) is 8.74 Å². The van der Waals surface area contributed by atoms with Gasteiger partial charge in [0.2, 0.25) is 5.10 Å². The van der Waals surface area contributed by atoms with Crippen molar-refractivity contribution in [3.05, 3.63) is 20.3 Å². The van der Waals surface area contributed by atoms with Crippen LogP contribution in [0.3, 0.4) is 0 Å².